The molecule has 3 rings (SSSR count). The van der Waals surface area contributed by atoms with Gasteiger partial charge in [0.1, 0.15) is 0 Å². The van der Waals surface area contributed by atoms with Crippen LogP contribution in [0.15, 0.2) is 24.3 Å². The quantitative estimate of drug-likeness (QED) is 0.719. The van der Waals surface area contributed by atoms with E-state index in [4.69, 9.17) is 11.6 Å². The Balaban J connectivity index is 1.71. The topological polar surface area (TPSA) is 60.9 Å². The molecule has 0 radical (unpaired) electrons. The molecule has 2 aliphatic rings. The van der Waals surface area contributed by atoms with Crippen LogP contribution in [0.5, 0.6) is 0 Å². The predicted molar refractivity (Wildman–Crippen MR) is 107 cm³/mol. The highest BCUT2D eigenvalue weighted by Gasteiger charge is 2.48. The van der Waals surface area contributed by atoms with E-state index in [9.17, 15) is 13.2 Å². The summed E-state index contributed by atoms with van der Waals surface area (Å²) in [4.78, 5) is 15.1. The zero-order chi connectivity index (χ0) is 19.7. The minimum Gasteiger partial charge on any atom is -0.339 e. The molecule has 2 fully saturated rings. The van der Waals surface area contributed by atoms with Crippen LogP contribution in [0.2, 0.25) is 5.02 Å². The van der Waals surface area contributed by atoms with Crippen molar-refractivity contribution in [3.8, 4) is 0 Å². The first kappa shape index (κ1) is 20.6. The molecule has 1 aromatic rings. The number of amides is 1. The van der Waals surface area contributed by atoms with E-state index >= 15 is 0 Å². The van der Waals surface area contributed by atoms with Crippen molar-refractivity contribution in [2.45, 2.75) is 38.5 Å². The van der Waals surface area contributed by atoms with Gasteiger partial charge in [0.05, 0.1) is 5.41 Å². The van der Waals surface area contributed by atoms with E-state index in [0.717, 1.165) is 24.8 Å². The van der Waals surface area contributed by atoms with E-state index in [-0.39, 0.29) is 5.91 Å². The standard InChI is InChI=1S/C19H28ClN3O3S/c1-3-22(4-2)27(25,26)23-13-11-21(12-14-23)18(24)19(9-6-10-19)16-7-5-8-17(20)15-16/h5,7-8,15H,3-4,6,9-14H2,1-2H3. The number of hydrogen-bond acceptors (Lipinski definition) is 3. The summed E-state index contributed by atoms with van der Waals surface area (Å²) in [7, 11) is -3.45. The lowest BCUT2D eigenvalue weighted by atomic mass is 9.63. The fourth-order valence-electron chi connectivity index (χ4n) is 4.08. The van der Waals surface area contributed by atoms with Crippen molar-refractivity contribution in [2.75, 3.05) is 39.3 Å². The Labute approximate surface area is 167 Å². The molecule has 1 saturated heterocycles. The molecule has 0 spiro atoms. The second-order valence-corrected chi connectivity index (χ2v) is 9.59. The average Bonchev–Trinajstić information content (AvgIpc) is 2.62. The van der Waals surface area contributed by atoms with Crippen LogP contribution in [-0.2, 0) is 20.4 Å². The van der Waals surface area contributed by atoms with Gasteiger partial charge < -0.3 is 4.90 Å². The lowest BCUT2D eigenvalue weighted by molar-refractivity contribution is -0.142. The van der Waals surface area contributed by atoms with Gasteiger partial charge in [0.2, 0.25) is 5.91 Å². The molecule has 1 heterocycles. The molecule has 1 saturated carbocycles. The van der Waals surface area contributed by atoms with Crippen molar-refractivity contribution >= 4 is 27.7 Å². The highest BCUT2D eigenvalue weighted by Crippen LogP contribution is 2.45. The van der Waals surface area contributed by atoms with Crippen molar-refractivity contribution < 1.29 is 13.2 Å². The molecule has 1 aliphatic heterocycles. The van der Waals surface area contributed by atoms with Crippen molar-refractivity contribution in [3.05, 3.63) is 34.9 Å². The van der Waals surface area contributed by atoms with E-state index in [1.165, 1.54) is 8.61 Å². The first-order valence-corrected chi connectivity index (χ1v) is 11.4. The van der Waals surface area contributed by atoms with E-state index in [0.29, 0.717) is 44.3 Å². The summed E-state index contributed by atoms with van der Waals surface area (Å²) in [6, 6.07) is 7.57. The number of rotatable bonds is 6. The summed E-state index contributed by atoms with van der Waals surface area (Å²) in [5.74, 6) is 0.107. The zero-order valence-corrected chi connectivity index (χ0v) is 17.6. The third kappa shape index (κ3) is 3.75. The van der Waals surface area contributed by atoms with E-state index in [1.54, 1.807) is 0 Å². The molecular formula is C19H28ClN3O3S. The Morgan fingerprint density at radius 2 is 1.78 bits per heavy atom. The van der Waals surface area contributed by atoms with Crippen LogP contribution in [0.4, 0.5) is 0 Å². The van der Waals surface area contributed by atoms with Gasteiger partial charge in [-0.25, -0.2) is 0 Å². The molecule has 1 aliphatic carbocycles. The second-order valence-electron chi connectivity index (χ2n) is 7.23. The van der Waals surface area contributed by atoms with Crippen LogP contribution < -0.4 is 0 Å². The number of piperazine rings is 1. The fraction of sp³-hybridized carbons (Fsp3) is 0.632. The summed E-state index contributed by atoms with van der Waals surface area (Å²) in [5, 5.41) is 0.640. The first-order chi connectivity index (χ1) is 12.8. The van der Waals surface area contributed by atoms with E-state index in [1.807, 2.05) is 43.0 Å². The van der Waals surface area contributed by atoms with Crippen LogP contribution >= 0.6 is 11.6 Å². The lowest BCUT2D eigenvalue weighted by Crippen LogP contribution is -2.58. The Hall–Kier alpha value is -1.15. The van der Waals surface area contributed by atoms with Crippen LogP contribution in [0.1, 0.15) is 38.7 Å². The summed E-state index contributed by atoms with van der Waals surface area (Å²) in [5.41, 5.74) is 0.481. The molecule has 0 bridgehead atoms. The molecule has 0 unspecified atom stereocenters. The smallest absolute Gasteiger partial charge is 0.282 e. The van der Waals surface area contributed by atoms with Gasteiger partial charge >= 0.3 is 0 Å². The average molecular weight is 414 g/mol. The number of carbonyl (C=O) groups excluding carboxylic acids is 1. The van der Waals surface area contributed by atoms with Gasteiger partial charge in [-0.3, -0.25) is 4.79 Å². The normalized spacial score (nSPS) is 20.5. The Bertz CT molecular complexity index is 783. The number of nitrogens with zero attached hydrogens (tertiary/aromatic N) is 3. The molecular weight excluding hydrogens is 386 g/mol. The van der Waals surface area contributed by atoms with Crippen molar-refractivity contribution in [1.82, 2.24) is 13.5 Å². The lowest BCUT2D eigenvalue weighted by Gasteiger charge is -2.46. The molecule has 150 valence electrons. The van der Waals surface area contributed by atoms with Gasteiger partial charge in [0.15, 0.2) is 0 Å². The van der Waals surface area contributed by atoms with Gasteiger partial charge in [-0.2, -0.15) is 17.0 Å². The summed E-state index contributed by atoms with van der Waals surface area (Å²) < 4.78 is 28.3. The van der Waals surface area contributed by atoms with Crippen molar-refractivity contribution in [2.24, 2.45) is 0 Å². The highest BCUT2D eigenvalue weighted by atomic mass is 35.5. The van der Waals surface area contributed by atoms with Gasteiger partial charge in [-0.1, -0.05) is 44.0 Å². The van der Waals surface area contributed by atoms with Gasteiger partial charge in [-0.15, -0.1) is 0 Å². The molecule has 0 N–H and O–H groups in total. The van der Waals surface area contributed by atoms with Crippen LogP contribution in [-0.4, -0.2) is 67.1 Å². The number of benzene rings is 1. The second kappa shape index (κ2) is 8.07. The molecule has 27 heavy (non-hydrogen) atoms. The van der Waals surface area contributed by atoms with Gasteiger partial charge in [-0.05, 0) is 30.5 Å². The minimum absolute atomic E-state index is 0.107. The molecule has 1 aromatic carbocycles. The summed E-state index contributed by atoms with van der Waals surface area (Å²) in [6.07, 6.45) is 2.67. The highest BCUT2D eigenvalue weighted by molar-refractivity contribution is 7.86. The van der Waals surface area contributed by atoms with Crippen molar-refractivity contribution in [3.63, 3.8) is 0 Å². The molecule has 0 aromatic heterocycles. The monoisotopic (exact) mass is 413 g/mol. The van der Waals surface area contributed by atoms with Gasteiger partial charge in [0.25, 0.3) is 10.2 Å². The van der Waals surface area contributed by atoms with E-state index in [2.05, 4.69) is 0 Å². The summed E-state index contributed by atoms with van der Waals surface area (Å²) >= 11 is 6.15. The third-order valence-corrected chi connectivity index (χ3v) is 8.30. The molecule has 8 heteroatoms. The maximum Gasteiger partial charge on any atom is 0.282 e. The first-order valence-electron chi connectivity index (χ1n) is 9.66. The van der Waals surface area contributed by atoms with Crippen LogP contribution in [0.25, 0.3) is 0 Å². The van der Waals surface area contributed by atoms with Crippen LogP contribution in [0, 0.1) is 0 Å². The predicted octanol–water partition coefficient (Wildman–Crippen LogP) is 2.49. The summed E-state index contributed by atoms with van der Waals surface area (Å²) in [6.45, 7) is 6.14. The Morgan fingerprint density at radius 3 is 2.26 bits per heavy atom. The number of halogens is 1. The Morgan fingerprint density at radius 1 is 1.15 bits per heavy atom. The minimum atomic E-state index is -3.45. The van der Waals surface area contributed by atoms with Crippen molar-refractivity contribution in [1.29, 1.82) is 0 Å². The number of hydrogen-bond donors (Lipinski definition) is 0. The van der Waals surface area contributed by atoms with Gasteiger partial charge in [0, 0.05) is 44.3 Å². The zero-order valence-electron chi connectivity index (χ0n) is 16.0. The fourth-order valence-corrected chi connectivity index (χ4v) is 5.87. The maximum absolute atomic E-state index is 13.3. The third-order valence-electron chi connectivity index (χ3n) is 5.88. The van der Waals surface area contributed by atoms with E-state index < -0.39 is 15.6 Å². The SMILES string of the molecule is CCN(CC)S(=O)(=O)N1CCN(C(=O)C2(c3cccc(Cl)c3)CCC2)CC1. The maximum atomic E-state index is 13.3. The largest absolute Gasteiger partial charge is 0.339 e. The van der Waals surface area contributed by atoms with Crippen LogP contribution in [0.3, 0.4) is 0 Å². The Kier molecular flexibility index (Phi) is 6.15. The number of carbonyl (C=O) groups is 1. The molecule has 6 nitrogen and oxygen atoms in total. The molecule has 0 atom stereocenters. The molecule has 1 amide bonds.